The van der Waals surface area contributed by atoms with Gasteiger partial charge in [0.2, 0.25) is 0 Å². The lowest BCUT2D eigenvalue weighted by molar-refractivity contribution is 0.601. The molecule has 9 heteroatoms. The standard InChI is InChI=1S/C12H10BrCl2N3O2S/c1-6-7(13)2-5-10(17-6)18-21(19,20)9-4-3-8(14)12(16)11(9)15/h2-5H,16H2,1H3,(H,17,18). The number of sulfonamides is 1. The maximum absolute atomic E-state index is 12.3. The SMILES string of the molecule is Cc1nc(NS(=O)(=O)c2ccc(Cl)c(N)c2Cl)ccc1Br. The minimum absolute atomic E-state index is 0.0150. The largest absolute Gasteiger partial charge is 0.396 e. The van der Waals surface area contributed by atoms with Crippen molar-refractivity contribution in [2.45, 2.75) is 11.8 Å². The van der Waals surface area contributed by atoms with Crippen molar-refractivity contribution < 1.29 is 8.42 Å². The Balaban J connectivity index is 2.43. The molecule has 0 unspecified atom stereocenters. The van der Waals surface area contributed by atoms with Gasteiger partial charge < -0.3 is 5.73 Å². The van der Waals surface area contributed by atoms with Crippen molar-refractivity contribution in [3.63, 3.8) is 0 Å². The van der Waals surface area contributed by atoms with E-state index in [9.17, 15) is 8.42 Å². The van der Waals surface area contributed by atoms with Gasteiger partial charge in [-0.05, 0) is 47.1 Å². The zero-order valence-electron chi connectivity index (χ0n) is 10.7. The highest BCUT2D eigenvalue weighted by atomic mass is 79.9. The Morgan fingerprint density at radius 2 is 1.90 bits per heavy atom. The highest BCUT2D eigenvalue weighted by molar-refractivity contribution is 9.10. The molecule has 0 aliphatic rings. The van der Waals surface area contributed by atoms with Crippen LogP contribution in [0, 0.1) is 6.92 Å². The van der Waals surface area contributed by atoms with E-state index >= 15 is 0 Å². The highest BCUT2D eigenvalue weighted by Gasteiger charge is 2.21. The number of nitrogens with two attached hydrogens (primary N) is 1. The molecular weight excluding hydrogens is 401 g/mol. The molecule has 0 aliphatic heterocycles. The van der Waals surface area contributed by atoms with Crippen LogP contribution in [0.2, 0.25) is 10.0 Å². The molecule has 112 valence electrons. The summed E-state index contributed by atoms with van der Waals surface area (Å²) in [5.41, 5.74) is 6.30. The molecule has 0 saturated heterocycles. The maximum Gasteiger partial charge on any atom is 0.264 e. The normalized spacial score (nSPS) is 11.4. The molecule has 3 N–H and O–H groups in total. The van der Waals surface area contributed by atoms with E-state index in [0.717, 1.165) is 4.47 Å². The first-order valence-corrected chi connectivity index (χ1v) is 8.65. The number of aromatic nitrogens is 1. The fraction of sp³-hybridized carbons (Fsp3) is 0.0833. The van der Waals surface area contributed by atoms with Gasteiger partial charge in [-0.1, -0.05) is 23.2 Å². The summed E-state index contributed by atoms with van der Waals surface area (Å²) in [6.07, 6.45) is 0. The van der Waals surface area contributed by atoms with E-state index in [4.69, 9.17) is 28.9 Å². The van der Waals surface area contributed by atoms with Gasteiger partial charge in [-0.3, -0.25) is 4.72 Å². The van der Waals surface area contributed by atoms with Gasteiger partial charge in [0.05, 0.1) is 21.4 Å². The molecule has 0 aliphatic carbocycles. The highest BCUT2D eigenvalue weighted by Crippen LogP contribution is 2.33. The number of hydrogen-bond donors (Lipinski definition) is 2. The molecule has 1 aromatic heterocycles. The quantitative estimate of drug-likeness (QED) is 0.752. The molecule has 2 rings (SSSR count). The van der Waals surface area contributed by atoms with Crippen LogP contribution in [0.3, 0.4) is 0 Å². The van der Waals surface area contributed by atoms with E-state index in [-0.39, 0.29) is 26.4 Å². The van der Waals surface area contributed by atoms with Crippen molar-refractivity contribution in [3.05, 3.63) is 44.5 Å². The topological polar surface area (TPSA) is 85.1 Å². The zero-order chi connectivity index (χ0) is 15.8. The first-order chi connectivity index (χ1) is 9.72. The second-order valence-corrected chi connectivity index (χ2v) is 7.43. The lowest BCUT2D eigenvalue weighted by atomic mass is 10.3. The van der Waals surface area contributed by atoms with Crippen LogP contribution in [-0.4, -0.2) is 13.4 Å². The van der Waals surface area contributed by atoms with E-state index < -0.39 is 10.0 Å². The molecule has 1 aromatic carbocycles. The summed E-state index contributed by atoms with van der Waals surface area (Å²) in [6.45, 7) is 1.75. The van der Waals surface area contributed by atoms with Gasteiger partial charge in [0.25, 0.3) is 10.0 Å². The second kappa shape index (κ2) is 6.00. The van der Waals surface area contributed by atoms with Crippen LogP contribution in [0.5, 0.6) is 0 Å². The summed E-state index contributed by atoms with van der Waals surface area (Å²) in [6, 6.07) is 5.88. The number of nitrogens with one attached hydrogen (secondary N) is 1. The van der Waals surface area contributed by atoms with Crippen LogP contribution in [0.25, 0.3) is 0 Å². The minimum atomic E-state index is -3.91. The van der Waals surface area contributed by atoms with E-state index in [1.165, 1.54) is 18.2 Å². The minimum Gasteiger partial charge on any atom is -0.396 e. The average Bonchev–Trinajstić information content (AvgIpc) is 2.39. The van der Waals surface area contributed by atoms with Gasteiger partial charge >= 0.3 is 0 Å². The third-order valence-electron chi connectivity index (χ3n) is 2.64. The van der Waals surface area contributed by atoms with Gasteiger partial charge in [-0.25, -0.2) is 13.4 Å². The molecule has 0 amide bonds. The fourth-order valence-electron chi connectivity index (χ4n) is 1.55. The Hall–Kier alpha value is -1.02. The molecule has 0 atom stereocenters. The van der Waals surface area contributed by atoms with Gasteiger partial charge in [0, 0.05) is 4.47 Å². The van der Waals surface area contributed by atoms with Crippen molar-refractivity contribution in [3.8, 4) is 0 Å². The molecule has 21 heavy (non-hydrogen) atoms. The first kappa shape index (κ1) is 16.4. The van der Waals surface area contributed by atoms with Crippen molar-refractivity contribution in [2.24, 2.45) is 0 Å². The lowest BCUT2D eigenvalue weighted by Crippen LogP contribution is -2.15. The predicted molar refractivity (Wildman–Crippen MR) is 88.4 cm³/mol. The predicted octanol–water partition coefficient (Wildman–Crippen LogP) is 3.84. The van der Waals surface area contributed by atoms with Crippen molar-refractivity contribution in [1.29, 1.82) is 0 Å². The Morgan fingerprint density at radius 3 is 2.52 bits per heavy atom. The maximum atomic E-state index is 12.3. The van der Waals surface area contributed by atoms with Crippen LogP contribution >= 0.6 is 39.1 Å². The Morgan fingerprint density at radius 1 is 1.24 bits per heavy atom. The number of anilines is 2. The molecule has 0 radical (unpaired) electrons. The van der Waals surface area contributed by atoms with Gasteiger partial charge in [0.15, 0.2) is 0 Å². The van der Waals surface area contributed by atoms with Crippen molar-refractivity contribution in [1.82, 2.24) is 4.98 Å². The van der Waals surface area contributed by atoms with Gasteiger partial charge in [-0.2, -0.15) is 0 Å². The Kier molecular flexibility index (Phi) is 4.67. The summed E-state index contributed by atoms with van der Waals surface area (Å²) in [5, 5.41) is 0.0698. The van der Waals surface area contributed by atoms with Gasteiger partial charge in [0.1, 0.15) is 10.7 Å². The van der Waals surface area contributed by atoms with Crippen LogP contribution < -0.4 is 10.5 Å². The second-order valence-electron chi connectivity index (χ2n) is 4.14. The fourth-order valence-corrected chi connectivity index (χ4v) is 3.54. The number of benzene rings is 1. The molecule has 0 saturated carbocycles. The summed E-state index contributed by atoms with van der Waals surface area (Å²) < 4.78 is 27.8. The molecule has 1 heterocycles. The number of nitrogens with zero attached hydrogens (tertiary/aromatic N) is 1. The number of hydrogen-bond acceptors (Lipinski definition) is 4. The molecule has 0 bridgehead atoms. The first-order valence-electron chi connectivity index (χ1n) is 5.62. The van der Waals surface area contributed by atoms with Crippen LogP contribution in [0.1, 0.15) is 5.69 Å². The molecule has 0 spiro atoms. The Labute approximate surface area is 140 Å². The summed E-state index contributed by atoms with van der Waals surface area (Å²) >= 11 is 15.0. The zero-order valence-corrected chi connectivity index (χ0v) is 14.6. The Bertz CT molecular complexity index is 812. The average molecular weight is 411 g/mol. The monoisotopic (exact) mass is 409 g/mol. The number of pyridine rings is 1. The van der Waals surface area contributed by atoms with Crippen molar-refractivity contribution >= 4 is 60.7 Å². The number of nitrogen functional groups attached to an aromatic ring is 1. The molecule has 2 aromatic rings. The van der Waals surface area contributed by atoms with E-state index in [1.807, 2.05) is 0 Å². The molecule has 5 nitrogen and oxygen atoms in total. The van der Waals surface area contributed by atoms with E-state index in [0.29, 0.717) is 5.69 Å². The smallest absolute Gasteiger partial charge is 0.264 e. The van der Waals surface area contributed by atoms with Crippen LogP contribution in [0.15, 0.2) is 33.6 Å². The van der Waals surface area contributed by atoms with Crippen LogP contribution in [0.4, 0.5) is 11.5 Å². The summed E-state index contributed by atoms with van der Waals surface area (Å²) in [7, 11) is -3.91. The van der Waals surface area contributed by atoms with Crippen LogP contribution in [-0.2, 0) is 10.0 Å². The van der Waals surface area contributed by atoms with Crippen molar-refractivity contribution in [2.75, 3.05) is 10.5 Å². The third-order valence-corrected chi connectivity index (χ3v) is 5.73. The van der Waals surface area contributed by atoms with Gasteiger partial charge in [-0.15, -0.1) is 0 Å². The molecular formula is C12H10BrCl2N3O2S. The third kappa shape index (κ3) is 3.42. The van der Waals surface area contributed by atoms with E-state index in [2.05, 4.69) is 25.6 Å². The molecule has 0 fully saturated rings. The number of rotatable bonds is 3. The number of aryl methyl sites for hydroxylation is 1. The summed E-state index contributed by atoms with van der Waals surface area (Å²) in [4.78, 5) is 3.96. The lowest BCUT2D eigenvalue weighted by Gasteiger charge is -2.11. The van der Waals surface area contributed by atoms with E-state index in [1.54, 1.807) is 13.0 Å². The number of halogens is 3. The summed E-state index contributed by atoms with van der Waals surface area (Å²) in [5.74, 6) is 0.181.